The number of hydrogen-bond donors (Lipinski definition) is 0. The molecule has 0 aliphatic carbocycles. The minimum atomic E-state index is 0.334. The second kappa shape index (κ2) is 5.30. The summed E-state index contributed by atoms with van der Waals surface area (Å²) >= 11 is 6.31. The van der Waals surface area contributed by atoms with E-state index in [-0.39, 0.29) is 0 Å². The third kappa shape index (κ3) is 2.95. The van der Waals surface area contributed by atoms with E-state index in [2.05, 4.69) is 55.9 Å². The fraction of sp³-hybridized carbons (Fsp3) is 0.375. The summed E-state index contributed by atoms with van der Waals surface area (Å²) in [6.07, 6.45) is 0. The second-order valence-corrected chi connectivity index (χ2v) is 5.73. The van der Waals surface area contributed by atoms with E-state index in [1.165, 1.54) is 11.1 Å². The van der Waals surface area contributed by atoms with E-state index in [0.717, 1.165) is 16.8 Å². The lowest BCUT2D eigenvalue weighted by atomic mass is 10.0. The molecule has 0 radical (unpaired) electrons. The van der Waals surface area contributed by atoms with Crippen molar-refractivity contribution >= 4 is 11.6 Å². The van der Waals surface area contributed by atoms with Gasteiger partial charge in [0.15, 0.2) is 5.82 Å². The molecule has 1 heterocycles. The molecule has 0 unspecified atom stereocenters. The monoisotopic (exact) mass is 274 g/mol. The van der Waals surface area contributed by atoms with Crippen LogP contribution in [0.15, 0.2) is 18.2 Å². The van der Waals surface area contributed by atoms with E-state index in [1.807, 2.05) is 6.92 Å². The van der Waals surface area contributed by atoms with E-state index in [1.54, 1.807) is 0 Å². The second-order valence-electron chi connectivity index (χ2n) is 5.37. The first kappa shape index (κ1) is 14.0. The number of aryl methyl sites for hydroxylation is 3. The Kier molecular flexibility index (Phi) is 3.91. The Bertz CT molecular complexity index is 575. The third-order valence-electron chi connectivity index (χ3n) is 3.15. The number of benzene rings is 1. The fourth-order valence-corrected chi connectivity index (χ4v) is 2.87. The van der Waals surface area contributed by atoms with Gasteiger partial charge in [0.2, 0.25) is 0 Å². The van der Waals surface area contributed by atoms with Crippen LogP contribution in [0.25, 0.3) is 11.4 Å². The maximum Gasteiger partial charge on any atom is 0.161 e. The fourth-order valence-electron chi connectivity index (χ4n) is 2.44. The maximum absolute atomic E-state index is 6.31. The smallest absolute Gasteiger partial charge is 0.161 e. The van der Waals surface area contributed by atoms with Crippen molar-refractivity contribution in [1.29, 1.82) is 0 Å². The minimum Gasteiger partial charge on any atom is -0.233 e. The van der Waals surface area contributed by atoms with Crippen LogP contribution in [0.4, 0.5) is 0 Å². The highest BCUT2D eigenvalue weighted by molar-refractivity contribution is 6.30. The Morgan fingerprint density at radius 3 is 2.00 bits per heavy atom. The highest BCUT2D eigenvalue weighted by atomic mass is 35.5. The van der Waals surface area contributed by atoms with Gasteiger partial charge in [0.25, 0.3) is 0 Å². The van der Waals surface area contributed by atoms with Gasteiger partial charge in [-0.3, -0.25) is 0 Å². The van der Waals surface area contributed by atoms with E-state index >= 15 is 0 Å². The van der Waals surface area contributed by atoms with Crippen LogP contribution in [0.3, 0.4) is 0 Å². The Morgan fingerprint density at radius 2 is 1.53 bits per heavy atom. The number of aromatic nitrogens is 2. The molecule has 0 N–H and O–H groups in total. The van der Waals surface area contributed by atoms with Crippen LogP contribution in [0.2, 0.25) is 5.15 Å². The lowest BCUT2D eigenvalue weighted by Crippen LogP contribution is -2.02. The zero-order valence-corrected chi connectivity index (χ0v) is 12.8. The summed E-state index contributed by atoms with van der Waals surface area (Å²) in [5.41, 5.74) is 5.44. The standard InChI is InChI=1S/C16H19ClN2/c1-9(2)14-12(5)18-16(19-15(14)17)13-7-10(3)6-11(4)8-13/h6-9H,1-5H3. The molecule has 0 fully saturated rings. The third-order valence-corrected chi connectivity index (χ3v) is 3.44. The molecule has 2 nitrogen and oxygen atoms in total. The molecule has 0 amide bonds. The van der Waals surface area contributed by atoms with Gasteiger partial charge in [-0.25, -0.2) is 9.97 Å². The Labute approximate surface area is 119 Å². The van der Waals surface area contributed by atoms with Crippen LogP contribution in [0.5, 0.6) is 0 Å². The number of halogens is 1. The van der Waals surface area contributed by atoms with E-state index in [4.69, 9.17) is 11.6 Å². The zero-order valence-electron chi connectivity index (χ0n) is 12.1. The van der Waals surface area contributed by atoms with Crippen molar-refractivity contribution in [2.75, 3.05) is 0 Å². The average Bonchev–Trinajstić information content (AvgIpc) is 2.25. The van der Waals surface area contributed by atoms with Gasteiger partial charge in [-0.05, 0) is 38.8 Å². The molecule has 0 bridgehead atoms. The summed E-state index contributed by atoms with van der Waals surface area (Å²) in [5, 5.41) is 0.566. The molecular weight excluding hydrogens is 256 g/mol. The minimum absolute atomic E-state index is 0.334. The van der Waals surface area contributed by atoms with Crippen LogP contribution in [0.1, 0.15) is 42.1 Å². The highest BCUT2D eigenvalue weighted by Crippen LogP contribution is 2.28. The van der Waals surface area contributed by atoms with Crippen molar-refractivity contribution in [1.82, 2.24) is 9.97 Å². The molecule has 19 heavy (non-hydrogen) atoms. The molecule has 2 rings (SSSR count). The van der Waals surface area contributed by atoms with Crippen molar-refractivity contribution in [3.05, 3.63) is 45.7 Å². The molecule has 0 aliphatic heterocycles. The average molecular weight is 275 g/mol. The molecular formula is C16H19ClN2. The first-order valence-electron chi connectivity index (χ1n) is 6.51. The van der Waals surface area contributed by atoms with Crippen LogP contribution >= 0.6 is 11.6 Å². The summed E-state index contributed by atoms with van der Waals surface area (Å²) in [4.78, 5) is 9.07. The van der Waals surface area contributed by atoms with Crippen LogP contribution < -0.4 is 0 Å². The highest BCUT2D eigenvalue weighted by Gasteiger charge is 2.14. The van der Waals surface area contributed by atoms with Gasteiger partial charge in [0, 0.05) is 16.8 Å². The van der Waals surface area contributed by atoms with E-state index in [0.29, 0.717) is 16.9 Å². The molecule has 100 valence electrons. The first-order valence-corrected chi connectivity index (χ1v) is 6.89. The van der Waals surface area contributed by atoms with Gasteiger partial charge >= 0.3 is 0 Å². The van der Waals surface area contributed by atoms with Crippen molar-refractivity contribution in [2.24, 2.45) is 0 Å². The molecule has 3 heteroatoms. The summed E-state index contributed by atoms with van der Waals surface area (Å²) in [7, 11) is 0. The summed E-state index contributed by atoms with van der Waals surface area (Å²) in [6, 6.07) is 6.32. The lowest BCUT2D eigenvalue weighted by molar-refractivity contribution is 0.831. The Morgan fingerprint density at radius 1 is 0.947 bits per heavy atom. The van der Waals surface area contributed by atoms with E-state index in [9.17, 15) is 0 Å². The number of hydrogen-bond acceptors (Lipinski definition) is 2. The molecule has 0 spiro atoms. The largest absolute Gasteiger partial charge is 0.233 e. The summed E-state index contributed by atoms with van der Waals surface area (Å²) in [5.74, 6) is 1.04. The number of nitrogens with zero attached hydrogens (tertiary/aromatic N) is 2. The summed E-state index contributed by atoms with van der Waals surface area (Å²) < 4.78 is 0. The predicted molar refractivity (Wildman–Crippen MR) is 80.8 cm³/mol. The Balaban J connectivity index is 2.58. The van der Waals surface area contributed by atoms with Gasteiger partial charge in [0.1, 0.15) is 5.15 Å². The van der Waals surface area contributed by atoms with Crippen LogP contribution in [-0.4, -0.2) is 9.97 Å². The van der Waals surface area contributed by atoms with Crippen LogP contribution in [0, 0.1) is 20.8 Å². The van der Waals surface area contributed by atoms with Gasteiger partial charge in [-0.15, -0.1) is 0 Å². The normalized spacial score (nSPS) is 11.1. The van der Waals surface area contributed by atoms with Gasteiger partial charge in [0.05, 0.1) is 0 Å². The maximum atomic E-state index is 6.31. The molecule has 1 aromatic carbocycles. The molecule has 0 saturated carbocycles. The first-order chi connectivity index (χ1) is 8.88. The van der Waals surface area contributed by atoms with Crippen molar-refractivity contribution in [3.63, 3.8) is 0 Å². The van der Waals surface area contributed by atoms with E-state index < -0.39 is 0 Å². The van der Waals surface area contributed by atoms with Gasteiger partial charge in [-0.2, -0.15) is 0 Å². The molecule has 2 aromatic rings. The quantitative estimate of drug-likeness (QED) is 0.732. The molecule has 0 saturated heterocycles. The SMILES string of the molecule is Cc1cc(C)cc(-c2nc(C)c(C(C)C)c(Cl)n2)c1. The van der Waals surface area contributed by atoms with Crippen molar-refractivity contribution < 1.29 is 0 Å². The predicted octanol–water partition coefficient (Wildman–Crippen LogP) is 4.85. The zero-order chi connectivity index (χ0) is 14.2. The van der Waals surface area contributed by atoms with Gasteiger partial charge in [-0.1, -0.05) is 42.6 Å². The topological polar surface area (TPSA) is 25.8 Å². The summed E-state index contributed by atoms with van der Waals surface area (Å²) in [6.45, 7) is 10.4. The van der Waals surface area contributed by atoms with Crippen molar-refractivity contribution in [2.45, 2.75) is 40.5 Å². The Hall–Kier alpha value is -1.41. The van der Waals surface area contributed by atoms with Crippen LogP contribution in [-0.2, 0) is 0 Å². The molecule has 0 atom stereocenters. The molecule has 1 aromatic heterocycles. The van der Waals surface area contributed by atoms with Gasteiger partial charge < -0.3 is 0 Å². The van der Waals surface area contributed by atoms with Crippen molar-refractivity contribution in [3.8, 4) is 11.4 Å². The lowest BCUT2D eigenvalue weighted by Gasteiger charge is -2.13. The molecule has 0 aliphatic rings. The number of rotatable bonds is 2.